The average molecular weight is 439 g/mol. The van der Waals surface area contributed by atoms with Crippen LogP contribution in [0.1, 0.15) is 33.4 Å². The molecule has 0 aliphatic heterocycles. The minimum atomic E-state index is -0.613. The van der Waals surface area contributed by atoms with E-state index >= 15 is 0 Å². The summed E-state index contributed by atoms with van der Waals surface area (Å²) >= 11 is 6.08. The third-order valence-corrected chi connectivity index (χ3v) is 4.40. The number of nitrogens with one attached hydrogen (secondary N) is 2. The van der Waals surface area contributed by atoms with Gasteiger partial charge in [0.25, 0.3) is 11.8 Å². The summed E-state index contributed by atoms with van der Waals surface area (Å²) in [7, 11) is 0. The summed E-state index contributed by atoms with van der Waals surface area (Å²) in [6, 6.07) is 16.1. The van der Waals surface area contributed by atoms with Crippen molar-refractivity contribution in [3.63, 3.8) is 0 Å². The number of anilines is 1. The van der Waals surface area contributed by atoms with Gasteiger partial charge in [-0.25, -0.2) is 4.79 Å². The molecule has 31 heavy (non-hydrogen) atoms. The first-order chi connectivity index (χ1) is 15.0. The average Bonchev–Trinajstić information content (AvgIpc) is 3.27. The lowest BCUT2D eigenvalue weighted by Gasteiger charge is -2.12. The van der Waals surface area contributed by atoms with E-state index in [0.717, 1.165) is 0 Å². The van der Waals surface area contributed by atoms with Crippen molar-refractivity contribution in [1.29, 1.82) is 0 Å². The molecule has 0 aliphatic carbocycles. The molecule has 0 unspecified atom stereocenters. The maximum atomic E-state index is 12.9. The Morgan fingerprint density at radius 1 is 1.06 bits per heavy atom. The van der Waals surface area contributed by atoms with Crippen molar-refractivity contribution >= 4 is 41.1 Å². The fraction of sp³-hybridized carbons (Fsp3) is 0.0870. The lowest BCUT2D eigenvalue weighted by molar-refractivity contribution is -0.113. The van der Waals surface area contributed by atoms with Gasteiger partial charge in [0.1, 0.15) is 11.5 Å². The second-order valence-electron chi connectivity index (χ2n) is 6.26. The van der Waals surface area contributed by atoms with Gasteiger partial charge in [0.05, 0.1) is 29.0 Å². The van der Waals surface area contributed by atoms with E-state index in [0.29, 0.717) is 11.4 Å². The van der Waals surface area contributed by atoms with Crippen LogP contribution in [0.4, 0.5) is 5.69 Å². The van der Waals surface area contributed by atoms with Gasteiger partial charge in [0.2, 0.25) is 0 Å². The van der Waals surface area contributed by atoms with Crippen LogP contribution in [0.25, 0.3) is 6.08 Å². The molecule has 0 spiro atoms. The monoisotopic (exact) mass is 438 g/mol. The van der Waals surface area contributed by atoms with Crippen LogP contribution in [0.15, 0.2) is 77.0 Å². The van der Waals surface area contributed by atoms with E-state index in [9.17, 15) is 14.4 Å². The standard InChI is InChI=1S/C23H19ClN2O5/c1-2-30-23(29)15-7-5-8-16(13-15)25-22(28)20(14-17-9-6-12-31-17)26-21(27)18-10-3-4-11-19(18)24/h3-14H,2H2,1H3,(H,25,28)(H,26,27)/b20-14-. The van der Waals surface area contributed by atoms with Crippen molar-refractivity contribution in [2.45, 2.75) is 6.92 Å². The number of esters is 1. The highest BCUT2D eigenvalue weighted by Crippen LogP contribution is 2.17. The summed E-state index contributed by atoms with van der Waals surface area (Å²) in [4.78, 5) is 37.5. The van der Waals surface area contributed by atoms with Crippen LogP contribution in [0.3, 0.4) is 0 Å². The van der Waals surface area contributed by atoms with Crippen LogP contribution in [0.5, 0.6) is 0 Å². The highest BCUT2D eigenvalue weighted by atomic mass is 35.5. The molecule has 3 aromatic rings. The number of rotatable bonds is 7. The molecule has 1 heterocycles. The predicted octanol–water partition coefficient (Wildman–Crippen LogP) is 4.52. The molecule has 158 valence electrons. The summed E-state index contributed by atoms with van der Waals surface area (Å²) in [5.41, 5.74) is 0.789. The number of carbonyl (C=O) groups is 3. The van der Waals surface area contributed by atoms with Crippen molar-refractivity contribution < 1.29 is 23.5 Å². The van der Waals surface area contributed by atoms with Crippen molar-refractivity contribution in [1.82, 2.24) is 5.32 Å². The van der Waals surface area contributed by atoms with Crippen LogP contribution < -0.4 is 10.6 Å². The minimum absolute atomic E-state index is 0.0681. The van der Waals surface area contributed by atoms with E-state index in [-0.39, 0.29) is 28.5 Å². The Morgan fingerprint density at radius 3 is 2.58 bits per heavy atom. The van der Waals surface area contributed by atoms with Crippen molar-refractivity contribution in [2.75, 3.05) is 11.9 Å². The molecule has 1 aromatic heterocycles. The number of furan rings is 1. The quantitative estimate of drug-likeness (QED) is 0.417. The maximum Gasteiger partial charge on any atom is 0.338 e. The largest absolute Gasteiger partial charge is 0.465 e. The zero-order valence-electron chi connectivity index (χ0n) is 16.6. The molecule has 2 aromatic carbocycles. The third kappa shape index (κ3) is 5.83. The van der Waals surface area contributed by atoms with Crippen LogP contribution in [-0.2, 0) is 9.53 Å². The first-order valence-electron chi connectivity index (χ1n) is 9.37. The number of hydrogen-bond acceptors (Lipinski definition) is 5. The smallest absolute Gasteiger partial charge is 0.338 e. The van der Waals surface area contributed by atoms with Gasteiger partial charge in [-0.15, -0.1) is 0 Å². The Bertz CT molecular complexity index is 1120. The van der Waals surface area contributed by atoms with Gasteiger partial charge in [0, 0.05) is 11.8 Å². The van der Waals surface area contributed by atoms with E-state index in [1.54, 1.807) is 61.5 Å². The predicted molar refractivity (Wildman–Crippen MR) is 117 cm³/mol. The Morgan fingerprint density at radius 2 is 1.87 bits per heavy atom. The van der Waals surface area contributed by atoms with E-state index < -0.39 is 17.8 Å². The molecular weight excluding hydrogens is 420 g/mol. The zero-order chi connectivity index (χ0) is 22.2. The zero-order valence-corrected chi connectivity index (χ0v) is 17.3. The molecule has 7 nitrogen and oxygen atoms in total. The SMILES string of the molecule is CCOC(=O)c1cccc(NC(=O)/C(=C/c2ccco2)NC(=O)c2ccccc2Cl)c1. The molecule has 0 aliphatic rings. The first-order valence-corrected chi connectivity index (χ1v) is 9.75. The van der Waals surface area contributed by atoms with Gasteiger partial charge in [-0.1, -0.05) is 29.8 Å². The van der Waals surface area contributed by atoms with Crippen molar-refractivity contribution in [2.24, 2.45) is 0 Å². The van der Waals surface area contributed by atoms with Crippen molar-refractivity contribution in [3.8, 4) is 0 Å². The Hall–Kier alpha value is -3.84. The van der Waals surface area contributed by atoms with Crippen LogP contribution >= 0.6 is 11.6 Å². The molecule has 0 saturated carbocycles. The van der Waals surface area contributed by atoms with Gasteiger partial charge in [0.15, 0.2) is 0 Å². The molecule has 0 saturated heterocycles. The molecule has 0 radical (unpaired) electrons. The van der Waals surface area contributed by atoms with Gasteiger partial charge in [-0.3, -0.25) is 9.59 Å². The third-order valence-electron chi connectivity index (χ3n) is 4.07. The summed E-state index contributed by atoms with van der Waals surface area (Å²) < 4.78 is 10.2. The van der Waals surface area contributed by atoms with Crippen LogP contribution in [-0.4, -0.2) is 24.4 Å². The molecule has 3 rings (SSSR count). The number of benzene rings is 2. The van der Waals surface area contributed by atoms with E-state index in [1.807, 2.05) is 0 Å². The minimum Gasteiger partial charge on any atom is -0.465 e. The second-order valence-corrected chi connectivity index (χ2v) is 6.67. The molecule has 2 amide bonds. The number of ether oxygens (including phenoxy) is 1. The Balaban J connectivity index is 1.84. The Labute approximate surface area is 183 Å². The molecule has 0 bridgehead atoms. The molecule has 0 fully saturated rings. The topological polar surface area (TPSA) is 97.6 Å². The van der Waals surface area contributed by atoms with Gasteiger partial charge in [-0.2, -0.15) is 0 Å². The van der Waals surface area contributed by atoms with Gasteiger partial charge in [-0.05, 0) is 49.4 Å². The molecular formula is C23H19ClN2O5. The number of hydrogen-bond donors (Lipinski definition) is 2. The molecule has 8 heteroatoms. The van der Waals surface area contributed by atoms with E-state index in [4.69, 9.17) is 20.8 Å². The van der Waals surface area contributed by atoms with Gasteiger partial charge < -0.3 is 19.8 Å². The first kappa shape index (κ1) is 21.9. The summed E-state index contributed by atoms with van der Waals surface area (Å²) in [6.07, 6.45) is 2.83. The van der Waals surface area contributed by atoms with Gasteiger partial charge >= 0.3 is 5.97 Å². The number of carbonyl (C=O) groups excluding carboxylic acids is 3. The van der Waals surface area contributed by atoms with E-state index in [2.05, 4.69) is 10.6 Å². The number of halogens is 1. The number of amides is 2. The lowest BCUT2D eigenvalue weighted by atomic mass is 10.2. The highest BCUT2D eigenvalue weighted by molar-refractivity contribution is 6.34. The van der Waals surface area contributed by atoms with Crippen LogP contribution in [0, 0.1) is 0 Å². The van der Waals surface area contributed by atoms with Crippen molar-refractivity contribution in [3.05, 3.63) is 94.5 Å². The fourth-order valence-corrected chi connectivity index (χ4v) is 2.87. The molecule has 0 atom stereocenters. The second kappa shape index (κ2) is 10.3. The Kier molecular flexibility index (Phi) is 7.24. The fourth-order valence-electron chi connectivity index (χ4n) is 2.65. The summed E-state index contributed by atoms with van der Waals surface area (Å²) in [5, 5.41) is 5.47. The normalized spacial score (nSPS) is 11.0. The summed E-state index contributed by atoms with van der Waals surface area (Å²) in [6.45, 7) is 1.94. The molecule has 2 N–H and O–H groups in total. The van der Waals surface area contributed by atoms with E-state index in [1.165, 1.54) is 18.4 Å². The maximum absolute atomic E-state index is 12.9. The highest BCUT2D eigenvalue weighted by Gasteiger charge is 2.18. The van der Waals surface area contributed by atoms with Crippen LogP contribution in [0.2, 0.25) is 5.02 Å². The lowest BCUT2D eigenvalue weighted by Crippen LogP contribution is -2.31. The summed E-state index contributed by atoms with van der Waals surface area (Å²) in [5.74, 6) is -1.31.